The van der Waals surface area contributed by atoms with Crippen LogP contribution in [-0.4, -0.2) is 23.7 Å². The van der Waals surface area contributed by atoms with Crippen LogP contribution in [0.25, 0.3) is 0 Å². The standard InChI is InChI=1S/C23H32N2O2S2/c1-27-21(26)19-17-6-4-2-3-5-7-18(17)29-20(19)24-22(28)25-23-11-14-8-15(12-23)10-16(9-14)13-23/h14-16H,2-13H2,1H3,(H2,24,25,28). The van der Waals surface area contributed by atoms with E-state index in [1.807, 2.05) is 0 Å². The molecule has 0 saturated heterocycles. The summed E-state index contributed by atoms with van der Waals surface area (Å²) in [6.45, 7) is 0. The van der Waals surface area contributed by atoms with Crippen molar-refractivity contribution in [1.82, 2.24) is 5.32 Å². The molecular weight excluding hydrogens is 400 g/mol. The molecule has 6 rings (SSSR count). The number of ether oxygens (including phenoxy) is 1. The predicted octanol–water partition coefficient (Wildman–Crippen LogP) is 5.45. The maximum absolute atomic E-state index is 12.6. The third-order valence-corrected chi connectivity index (χ3v) is 9.12. The Bertz CT molecular complexity index is 781. The Hall–Kier alpha value is -1.14. The van der Waals surface area contributed by atoms with E-state index < -0.39 is 0 Å². The molecule has 0 radical (unpaired) electrons. The molecule has 1 aromatic rings. The van der Waals surface area contributed by atoms with Crippen LogP contribution in [0.1, 0.15) is 85.0 Å². The molecule has 0 spiro atoms. The molecule has 0 amide bonds. The van der Waals surface area contributed by atoms with E-state index in [0.29, 0.717) is 5.11 Å². The number of rotatable bonds is 3. The highest BCUT2D eigenvalue weighted by Crippen LogP contribution is 2.55. The molecule has 5 aliphatic rings. The lowest BCUT2D eigenvalue weighted by Gasteiger charge is -2.57. The molecule has 4 fully saturated rings. The van der Waals surface area contributed by atoms with Crippen LogP contribution in [0.3, 0.4) is 0 Å². The Labute approximate surface area is 183 Å². The number of nitrogens with one attached hydrogen (secondary N) is 2. The van der Waals surface area contributed by atoms with Gasteiger partial charge in [-0.3, -0.25) is 0 Å². The van der Waals surface area contributed by atoms with Crippen LogP contribution in [0.4, 0.5) is 5.00 Å². The van der Waals surface area contributed by atoms with E-state index in [9.17, 15) is 4.79 Å². The normalized spacial score (nSPS) is 32.8. The summed E-state index contributed by atoms with van der Waals surface area (Å²) in [5, 5.41) is 8.74. The molecule has 5 aliphatic carbocycles. The second-order valence-corrected chi connectivity index (χ2v) is 11.4. The van der Waals surface area contributed by atoms with Crippen molar-refractivity contribution in [2.24, 2.45) is 17.8 Å². The van der Waals surface area contributed by atoms with Gasteiger partial charge in [0.05, 0.1) is 12.7 Å². The van der Waals surface area contributed by atoms with E-state index in [1.165, 1.54) is 75.3 Å². The van der Waals surface area contributed by atoms with Gasteiger partial charge in [-0.15, -0.1) is 11.3 Å². The van der Waals surface area contributed by atoms with E-state index in [0.717, 1.165) is 47.6 Å². The minimum Gasteiger partial charge on any atom is -0.465 e. The molecule has 0 unspecified atom stereocenters. The fraction of sp³-hybridized carbons (Fsp3) is 0.739. The summed E-state index contributed by atoms with van der Waals surface area (Å²) in [5.74, 6) is 2.40. The molecule has 158 valence electrons. The number of thiocarbonyl (C=S) groups is 1. The molecule has 4 bridgehead atoms. The van der Waals surface area contributed by atoms with Crippen molar-refractivity contribution in [1.29, 1.82) is 0 Å². The first-order valence-corrected chi connectivity index (χ1v) is 12.6. The third-order valence-electron chi connectivity index (χ3n) is 7.70. The monoisotopic (exact) mass is 432 g/mol. The zero-order valence-electron chi connectivity index (χ0n) is 17.4. The predicted molar refractivity (Wildman–Crippen MR) is 122 cm³/mol. The van der Waals surface area contributed by atoms with Gasteiger partial charge >= 0.3 is 5.97 Å². The van der Waals surface area contributed by atoms with Gasteiger partial charge in [0.2, 0.25) is 0 Å². The van der Waals surface area contributed by atoms with Crippen molar-refractivity contribution in [3.63, 3.8) is 0 Å². The Balaban J connectivity index is 1.36. The van der Waals surface area contributed by atoms with Crippen LogP contribution in [0.2, 0.25) is 0 Å². The average molecular weight is 433 g/mol. The average Bonchev–Trinajstić information content (AvgIpc) is 2.95. The molecule has 6 heteroatoms. The van der Waals surface area contributed by atoms with Crippen molar-refractivity contribution in [3.8, 4) is 0 Å². The molecule has 4 nitrogen and oxygen atoms in total. The van der Waals surface area contributed by atoms with E-state index >= 15 is 0 Å². The van der Waals surface area contributed by atoms with Gasteiger partial charge in [0.25, 0.3) is 0 Å². The molecule has 2 N–H and O–H groups in total. The summed E-state index contributed by atoms with van der Waals surface area (Å²) in [7, 11) is 1.48. The van der Waals surface area contributed by atoms with Gasteiger partial charge in [-0.1, -0.05) is 12.8 Å². The number of fused-ring (bicyclic) bond motifs is 1. The summed E-state index contributed by atoms with van der Waals surface area (Å²) in [4.78, 5) is 14.0. The summed E-state index contributed by atoms with van der Waals surface area (Å²) in [6, 6.07) is 0. The zero-order valence-corrected chi connectivity index (χ0v) is 19.0. The van der Waals surface area contributed by atoms with Gasteiger partial charge in [-0.25, -0.2) is 4.79 Å². The fourth-order valence-corrected chi connectivity index (χ4v) is 8.63. The zero-order chi connectivity index (χ0) is 20.0. The molecular formula is C23H32N2O2S2. The Morgan fingerprint density at radius 1 is 1.03 bits per heavy atom. The van der Waals surface area contributed by atoms with Crippen molar-refractivity contribution < 1.29 is 9.53 Å². The van der Waals surface area contributed by atoms with Crippen LogP contribution in [0, 0.1) is 17.8 Å². The largest absolute Gasteiger partial charge is 0.465 e. The second kappa shape index (κ2) is 7.84. The van der Waals surface area contributed by atoms with E-state index in [1.54, 1.807) is 11.3 Å². The number of hydrogen-bond acceptors (Lipinski definition) is 4. The minimum atomic E-state index is -0.233. The van der Waals surface area contributed by atoms with E-state index in [2.05, 4.69) is 10.6 Å². The molecule has 0 atom stereocenters. The van der Waals surface area contributed by atoms with Gasteiger partial charge in [-0.05, 0) is 99.7 Å². The molecule has 29 heavy (non-hydrogen) atoms. The van der Waals surface area contributed by atoms with E-state index in [4.69, 9.17) is 17.0 Å². The molecule has 0 aliphatic heterocycles. The Morgan fingerprint density at radius 2 is 1.66 bits per heavy atom. The second-order valence-electron chi connectivity index (χ2n) is 9.89. The number of aryl methyl sites for hydroxylation is 1. The smallest absolute Gasteiger partial charge is 0.341 e. The highest BCUT2D eigenvalue weighted by Gasteiger charge is 2.51. The van der Waals surface area contributed by atoms with Crippen molar-refractivity contribution >= 4 is 39.6 Å². The maximum Gasteiger partial charge on any atom is 0.341 e. The quantitative estimate of drug-likeness (QED) is 0.491. The SMILES string of the molecule is COC(=O)c1c(NC(=S)NC23CC4CC(CC(C4)C2)C3)sc2c1CCCCCC2. The highest BCUT2D eigenvalue weighted by atomic mass is 32.1. The van der Waals surface area contributed by atoms with Crippen LogP contribution in [0.5, 0.6) is 0 Å². The summed E-state index contributed by atoms with van der Waals surface area (Å²) in [6.07, 6.45) is 14.9. The van der Waals surface area contributed by atoms with Gasteiger partial charge in [-0.2, -0.15) is 0 Å². The third kappa shape index (κ3) is 3.83. The lowest BCUT2D eigenvalue weighted by molar-refractivity contribution is -0.00972. The fourth-order valence-electron chi connectivity index (χ4n) is 6.96. The maximum atomic E-state index is 12.6. The first kappa shape index (κ1) is 19.8. The first-order valence-electron chi connectivity index (χ1n) is 11.4. The Kier molecular flexibility index (Phi) is 5.35. The van der Waals surface area contributed by atoms with Crippen LogP contribution in [-0.2, 0) is 17.6 Å². The number of thiophene rings is 1. The lowest BCUT2D eigenvalue weighted by Crippen LogP contribution is -2.60. The molecule has 0 aromatic carbocycles. The molecule has 1 aromatic heterocycles. The van der Waals surface area contributed by atoms with Crippen LogP contribution in [0.15, 0.2) is 0 Å². The highest BCUT2D eigenvalue weighted by molar-refractivity contribution is 7.80. The number of esters is 1. The Morgan fingerprint density at radius 3 is 2.28 bits per heavy atom. The van der Waals surface area contributed by atoms with Gasteiger partial charge in [0.15, 0.2) is 5.11 Å². The van der Waals surface area contributed by atoms with Crippen molar-refractivity contribution in [2.75, 3.05) is 12.4 Å². The van der Waals surface area contributed by atoms with Crippen molar-refractivity contribution in [2.45, 2.75) is 82.6 Å². The lowest BCUT2D eigenvalue weighted by atomic mass is 9.53. The van der Waals surface area contributed by atoms with Gasteiger partial charge in [0, 0.05) is 10.4 Å². The topological polar surface area (TPSA) is 50.4 Å². The van der Waals surface area contributed by atoms with Gasteiger partial charge in [0.1, 0.15) is 5.00 Å². The van der Waals surface area contributed by atoms with Crippen LogP contribution < -0.4 is 10.6 Å². The number of methoxy groups -OCH3 is 1. The molecule has 4 saturated carbocycles. The van der Waals surface area contributed by atoms with Gasteiger partial charge < -0.3 is 15.4 Å². The molecule has 1 heterocycles. The summed E-state index contributed by atoms with van der Waals surface area (Å²) < 4.78 is 5.15. The van der Waals surface area contributed by atoms with Crippen LogP contribution >= 0.6 is 23.6 Å². The number of anilines is 1. The summed E-state index contributed by atoms with van der Waals surface area (Å²) >= 11 is 7.49. The van der Waals surface area contributed by atoms with E-state index in [-0.39, 0.29) is 11.5 Å². The minimum absolute atomic E-state index is 0.177. The van der Waals surface area contributed by atoms with Crippen molar-refractivity contribution in [3.05, 3.63) is 16.0 Å². The number of carbonyl (C=O) groups excluding carboxylic acids is 1. The number of hydrogen-bond donors (Lipinski definition) is 2. The summed E-state index contributed by atoms with van der Waals surface area (Å²) in [5.41, 5.74) is 2.10. The first-order chi connectivity index (χ1) is 14.0. The number of carbonyl (C=O) groups is 1.